The zero-order valence-corrected chi connectivity index (χ0v) is 9.85. The first-order valence-corrected chi connectivity index (χ1v) is 5.44. The molecule has 0 fully saturated rings. The maximum absolute atomic E-state index is 8.52. The zero-order chi connectivity index (χ0) is 11.8. The molecule has 92 valence electrons. The van der Waals surface area contributed by atoms with E-state index < -0.39 is 0 Å². The third-order valence-electron chi connectivity index (χ3n) is 2.08. The van der Waals surface area contributed by atoms with Crippen LogP contribution in [0.4, 0.5) is 0 Å². The highest BCUT2D eigenvalue weighted by Gasteiger charge is 2.07. The van der Waals surface area contributed by atoms with Crippen molar-refractivity contribution < 1.29 is 14.4 Å². The molecule has 0 amide bonds. The highest BCUT2D eigenvalue weighted by molar-refractivity contribution is 4.85. The Morgan fingerprint density at radius 3 is 2.88 bits per heavy atom. The number of aromatic nitrogens is 2. The number of aliphatic hydroxyl groups excluding tert-OH is 1. The van der Waals surface area contributed by atoms with Gasteiger partial charge in [-0.2, -0.15) is 4.98 Å². The number of hydrogen-bond donors (Lipinski definition) is 1. The van der Waals surface area contributed by atoms with Gasteiger partial charge in [0.1, 0.15) is 0 Å². The maximum Gasteiger partial charge on any atom is 0.240 e. The lowest BCUT2D eigenvalue weighted by molar-refractivity contribution is 0.0755. The van der Waals surface area contributed by atoms with Crippen LogP contribution in [0.25, 0.3) is 0 Å². The molecule has 16 heavy (non-hydrogen) atoms. The van der Waals surface area contributed by atoms with Crippen molar-refractivity contribution in [3.8, 4) is 0 Å². The molecule has 0 atom stereocenters. The first-order valence-electron chi connectivity index (χ1n) is 5.44. The van der Waals surface area contributed by atoms with Crippen LogP contribution in [0.15, 0.2) is 4.52 Å². The van der Waals surface area contributed by atoms with Crippen molar-refractivity contribution in [3.63, 3.8) is 0 Å². The van der Waals surface area contributed by atoms with E-state index in [9.17, 15) is 0 Å². The number of rotatable bonds is 8. The summed E-state index contributed by atoms with van der Waals surface area (Å²) in [5, 5.41) is 12.3. The van der Waals surface area contributed by atoms with Gasteiger partial charge in [0.2, 0.25) is 5.89 Å². The Morgan fingerprint density at radius 1 is 1.44 bits per heavy atom. The number of likely N-dealkylation sites (N-methyl/N-ethyl adjacent to an activating group) is 1. The number of aryl methyl sites for hydroxylation is 1. The molecule has 0 radical (unpaired) electrons. The third-order valence-corrected chi connectivity index (χ3v) is 2.08. The summed E-state index contributed by atoms with van der Waals surface area (Å²) in [7, 11) is 1.96. The first kappa shape index (κ1) is 13.1. The molecule has 6 nitrogen and oxygen atoms in total. The van der Waals surface area contributed by atoms with Crippen LogP contribution in [0.2, 0.25) is 0 Å². The van der Waals surface area contributed by atoms with Gasteiger partial charge in [-0.15, -0.1) is 0 Å². The Labute approximate surface area is 95.2 Å². The average molecular weight is 229 g/mol. The van der Waals surface area contributed by atoms with Crippen LogP contribution < -0.4 is 0 Å². The van der Waals surface area contributed by atoms with Gasteiger partial charge in [-0.05, 0) is 7.05 Å². The standard InChI is InChI=1S/C10H19N3O3/c1-3-9-11-10(16-12-9)8-13(2)4-6-15-7-5-14/h14H,3-8H2,1-2H3. The molecule has 1 rings (SSSR count). The second kappa shape index (κ2) is 7.32. The van der Waals surface area contributed by atoms with Gasteiger partial charge in [0.25, 0.3) is 0 Å². The van der Waals surface area contributed by atoms with Crippen LogP contribution in [0, 0.1) is 0 Å². The molecule has 0 bridgehead atoms. The Bertz CT molecular complexity index is 291. The summed E-state index contributed by atoms with van der Waals surface area (Å²) in [5.74, 6) is 1.36. The summed E-state index contributed by atoms with van der Waals surface area (Å²) >= 11 is 0. The summed E-state index contributed by atoms with van der Waals surface area (Å²) in [5.41, 5.74) is 0. The van der Waals surface area contributed by atoms with Crippen molar-refractivity contribution in [2.24, 2.45) is 0 Å². The van der Waals surface area contributed by atoms with Crippen molar-refractivity contribution in [2.45, 2.75) is 19.9 Å². The van der Waals surface area contributed by atoms with E-state index >= 15 is 0 Å². The fourth-order valence-electron chi connectivity index (χ4n) is 1.19. The van der Waals surface area contributed by atoms with E-state index in [0.29, 0.717) is 25.6 Å². The van der Waals surface area contributed by atoms with Crippen molar-refractivity contribution in [1.82, 2.24) is 15.0 Å². The molecular formula is C10H19N3O3. The summed E-state index contributed by atoms with van der Waals surface area (Å²) in [6.45, 7) is 4.41. The Balaban J connectivity index is 2.20. The van der Waals surface area contributed by atoms with Gasteiger partial charge in [0.15, 0.2) is 5.82 Å². The first-order chi connectivity index (χ1) is 7.76. The molecule has 0 aromatic carbocycles. The summed E-state index contributed by atoms with van der Waals surface area (Å²) in [6.07, 6.45) is 0.785. The second-order valence-corrected chi connectivity index (χ2v) is 3.53. The minimum Gasteiger partial charge on any atom is -0.394 e. The average Bonchev–Trinajstić information content (AvgIpc) is 2.72. The summed E-state index contributed by atoms with van der Waals surface area (Å²) in [6, 6.07) is 0. The van der Waals surface area contributed by atoms with Gasteiger partial charge in [0, 0.05) is 13.0 Å². The molecule has 0 spiro atoms. The van der Waals surface area contributed by atoms with Crippen molar-refractivity contribution in [2.75, 3.05) is 33.4 Å². The largest absolute Gasteiger partial charge is 0.394 e. The van der Waals surface area contributed by atoms with E-state index in [4.69, 9.17) is 14.4 Å². The molecule has 0 aliphatic heterocycles. The van der Waals surface area contributed by atoms with Crippen LogP contribution >= 0.6 is 0 Å². The Kier molecular flexibility index (Phi) is 5.99. The predicted molar refractivity (Wildman–Crippen MR) is 57.9 cm³/mol. The number of aliphatic hydroxyl groups is 1. The molecule has 1 aromatic heterocycles. The topological polar surface area (TPSA) is 71.6 Å². The van der Waals surface area contributed by atoms with Crippen LogP contribution in [0.5, 0.6) is 0 Å². The summed E-state index contributed by atoms with van der Waals surface area (Å²) in [4.78, 5) is 6.24. The van der Waals surface area contributed by atoms with Crippen molar-refractivity contribution >= 4 is 0 Å². The zero-order valence-electron chi connectivity index (χ0n) is 9.85. The fraction of sp³-hybridized carbons (Fsp3) is 0.800. The number of ether oxygens (including phenoxy) is 1. The van der Waals surface area contributed by atoms with Gasteiger partial charge in [0.05, 0.1) is 26.4 Å². The smallest absolute Gasteiger partial charge is 0.240 e. The van der Waals surface area contributed by atoms with Crippen molar-refractivity contribution in [3.05, 3.63) is 11.7 Å². The molecule has 1 aromatic rings. The van der Waals surface area contributed by atoms with E-state index in [1.165, 1.54) is 0 Å². The highest BCUT2D eigenvalue weighted by atomic mass is 16.5. The van der Waals surface area contributed by atoms with Gasteiger partial charge < -0.3 is 14.4 Å². The third kappa shape index (κ3) is 4.69. The van der Waals surface area contributed by atoms with Gasteiger partial charge >= 0.3 is 0 Å². The second-order valence-electron chi connectivity index (χ2n) is 3.53. The molecule has 1 N–H and O–H groups in total. The quantitative estimate of drug-likeness (QED) is 0.636. The monoisotopic (exact) mass is 229 g/mol. The van der Waals surface area contributed by atoms with Crippen LogP contribution in [0.1, 0.15) is 18.6 Å². The number of hydrogen-bond acceptors (Lipinski definition) is 6. The molecule has 0 aliphatic carbocycles. The normalized spacial score (nSPS) is 11.2. The SMILES string of the molecule is CCc1noc(CN(C)CCOCCO)n1. The lowest BCUT2D eigenvalue weighted by Gasteiger charge is -2.13. The molecular weight excluding hydrogens is 210 g/mol. The lowest BCUT2D eigenvalue weighted by atomic mass is 10.4. The minimum atomic E-state index is 0.0627. The molecule has 0 unspecified atom stereocenters. The summed E-state index contributed by atoms with van der Waals surface area (Å²) < 4.78 is 10.2. The Morgan fingerprint density at radius 2 is 2.25 bits per heavy atom. The fourth-order valence-corrected chi connectivity index (χ4v) is 1.19. The molecule has 1 heterocycles. The van der Waals surface area contributed by atoms with E-state index in [2.05, 4.69) is 10.1 Å². The van der Waals surface area contributed by atoms with Gasteiger partial charge in [-0.3, -0.25) is 4.90 Å². The maximum atomic E-state index is 8.52. The number of nitrogens with zero attached hydrogens (tertiary/aromatic N) is 3. The van der Waals surface area contributed by atoms with E-state index in [1.807, 2.05) is 18.9 Å². The molecule has 6 heteroatoms. The van der Waals surface area contributed by atoms with E-state index in [0.717, 1.165) is 18.8 Å². The van der Waals surface area contributed by atoms with Gasteiger partial charge in [-0.1, -0.05) is 12.1 Å². The van der Waals surface area contributed by atoms with Crippen molar-refractivity contribution in [1.29, 1.82) is 0 Å². The molecule has 0 saturated heterocycles. The van der Waals surface area contributed by atoms with Crippen LogP contribution in [-0.2, 0) is 17.7 Å². The predicted octanol–water partition coefficient (Wildman–Crippen LogP) is 0.0727. The lowest BCUT2D eigenvalue weighted by Crippen LogP contribution is -2.23. The highest BCUT2D eigenvalue weighted by Crippen LogP contribution is 2.01. The molecule has 0 saturated carbocycles. The van der Waals surface area contributed by atoms with E-state index in [-0.39, 0.29) is 6.61 Å². The van der Waals surface area contributed by atoms with Crippen LogP contribution in [-0.4, -0.2) is 53.6 Å². The minimum absolute atomic E-state index is 0.0627. The Hall–Kier alpha value is -0.980. The molecule has 0 aliphatic rings. The van der Waals surface area contributed by atoms with Gasteiger partial charge in [-0.25, -0.2) is 0 Å². The van der Waals surface area contributed by atoms with Crippen LogP contribution in [0.3, 0.4) is 0 Å². The van der Waals surface area contributed by atoms with E-state index in [1.54, 1.807) is 0 Å².